The van der Waals surface area contributed by atoms with Crippen molar-refractivity contribution >= 4 is 23.5 Å². The fourth-order valence-electron chi connectivity index (χ4n) is 2.05. The number of hydrogen-bond donors (Lipinski definition) is 0. The highest BCUT2D eigenvalue weighted by Gasteiger charge is 2.20. The number of amides is 1. The van der Waals surface area contributed by atoms with Crippen LogP contribution in [-0.2, 0) is 9.63 Å². The van der Waals surface area contributed by atoms with Crippen molar-refractivity contribution in [3.63, 3.8) is 0 Å². The summed E-state index contributed by atoms with van der Waals surface area (Å²) in [5.41, 5.74) is 0. The maximum Gasteiger partial charge on any atom is 0.263 e. The Morgan fingerprint density at radius 3 is 3.33 bits per heavy atom. The average molecular weight is 266 g/mol. The normalized spacial score (nSPS) is 20.3. The molecule has 0 radical (unpaired) electrons. The van der Waals surface area contributed by atoms with E-state index in [4.69, 9.17) is 4.84 Å². The lowest BCUT2D eigenvalue weighted by Crippen LogP contribution is -2.40. The lowest BCUT2D eigenvalue weighted by molar-refractivity contribution is -0.137. The highest BCUT2D eigenvalue weighted by atomic mass is 32.1. The Bertz CT molecular complexity index is 403. The zero-order valence-corrected chi connectivity index (χ0v) is 11.4. The molecule has 1 aliphatic heterocycles. The van der Waals surface area contributed by atoms with Crippen LogP contribution in [-0.4, -0.2) is 36.7 Å². The van der Waals surface area contributed by atoms with Crippen LogP contribution in [0.1, 0.15) is 24.6 Å². The zero-order chi connectivity index (χ0) is 12.8. The van der Waals surface area contributed by atoms with Crippen molar-refractivity contribution in [2.24, 2.45) is 11.1 Å². The van der Waals surface area contributed by atoms with Gasteiger partial charge in [0.1, 0.15) is 0 Å². The maximum atomic E-state index is 11.8. The van der Waals surface area contributed by atoms with Gasteiger partial charge >= 0.3 is 0 Å². The Kier molecular flexibility index (Phi) is 4.75. The molecule has 0 saturated carbocycles. The summed E-state index contributed by atoms with van der Waals surface area (Å²) in [6, 6.07) is 3.90. The van der Waals surface area contributed by atoms with Gasteiger partial charge in [-0.05, 0) is 30.2 Å². The predicted octanol–water partition coefficient (Wildman–Crippen LogP) is 2.36. The van der Waals surface area contributed by atoms with E-state index in [9.17, 15) is 4.79 Å². The minimum atomic E-state index is 0.0323. The Morgan fingerprint density at radius 2 is 2.61 bits per heavy atom. The largest absolute Gasteiger partial charge is 0.386 e. The molecule has 18 heavy (non-hydrogen) atoms. The van der Waals surface area contributed by atoms with Gasteiger partial charge in [0.25, 0.3) is 5.91 Å². The quantitative estimate of drug-likeness (QED) is 0.620. The van der Waals surface area contributed by atoms with Gasteiger partial charge < -0.3 is 9.74 Å². The van der Waals surface area contributed by atoms with Crippen molar-refractivity contribution in [2.45, 2.75) is 19.8 Å². The third-order valence-corrected chi connectivity index (χ3v) is 3.80. The van der Waals surface area contributed by atoms with Gasteiger partial charge in [-0.3, -0.25) is 4.79 Å². The molecule has 1 aromatic rings. The van der Waals surface area contributed by atoms with E-state index >= 15 is 0 Å². The summed E-state index contributed by atoms with van der Waals surface area (Å²) >= 11 is 1.59. The second-order valence-electron chi connectivity index (χ2n) is 4.61. The van der Waals surface area contributed by atoms with E-state index in [2.05, 4.69) is 12.1 Å². The third-order valence-electron chi connectivity index (χ3n) is 3.00. The van der Waals surface area contributed by atoms with Crippen LogP contribution in [0, 0.1) is 5.92 Å². The highest BCUT2D eigenvalue weighted by Crippen LogP contribution is 2.15. The number of thiophene rings is 1. The Hall–Kier alpha value is -1.36. The first kappa shape index (κ1) is 13.1. The number of oxime groups is 1. The number of piperidine rings is 1. The molecule has 1 amide bonds. The topological polar surface area (TPSA) is 41.9 Å². The van der Waals surface area contributed by atoms with Gasteiger partial charge in [-0.1, -0.05) is 18.1 Å². The molecule has 0 aliphatic carbocycles. The number of carbonyl (C=O) groups is 1. The van der Waals surface area contributed by atoms with E-state index in [1.807, 2.05) is 22.4 Å². The van der Waals surface area contributed by atoms with Gasteiger partial charge in [-0.25, -0.2) is 0 Å². The maximum absolute atomic E-state index is 11.8. The predicted molar refractivity (Wildman–Crippen MR) is 72.8 cm³/mol. The van der Waals surface area contributed by atoms with E-state index < -0.39 is 0 Å². The van der Waals surface area contributed by atoms with Crippen molar-refractivity contribution in [1.82, 2.24) is 4.90 Å². The van der Waals surface area contributed by atoms with Crippen molar-refractivity contribution in [3.8, 4) is 0 Å². The van der Waals surface area contributed by atoms with Crippen LogP contribution in [0.5, 0.6) is 0 Å². The van der Waals surface area contributed by atoms with Gasteiger partial charge in [0, 0.05) is 18.0 Å². The van der Waals surface area contributed by atoms with Crippen LogP contribution >= 0.6 is 11.3 Å². The minimum absolute atomic E-state index is 0.0323. The molecule has 0 N–H and O–H groups in total. The number of rotatable bonds is 4. The van der Waals surface area contributed by atoms with Gasteiger partial charge in [-0.15, -0.1) is 11.3 Å². The summed E-state index contributed by atoms with van der Waals surface area (Å²) in [5.74, 6) is 0.627. The Labute approximate surface area is 111 Å². The van der Waals surface area contributed by atoms with Crippen molar-refractivity contribution < 1.29 is 9.63 Å². The molecule has 1 aliphatic rings. The number of nitrogens with zero attached hydrogens (tertiary/aromatic N) is 2. The Balaban J connectivity index is 1.71. The molecule has 2 rings (SSSR count). The van der Waals surface area contributed by atoms with Crippen molar-refractivity contribution in [3.05, 3.63) is 22.4 Å². The van der Waals surface area contributed by atoms with Crippen LogP contribution < -0.4 is 0 Å². The molecule has 4 nitrogen and oxygen atoms in total. The third kappa shape index (κ3) is 3.84. The minimum Gasteiger partial charge on any atom is -0.386 e. The first-order valence-electron chi connectivity index (χ1n) is 6.22. The molecule has 0 bridgehead atoms. The molecule has 1 aromatic heterocycles. The number of hydrogen-bond acceptors (Lipinski definition) is 4. The lowest BCUT2D eigenvalue weighted by Gasteiger charge is -2.30. The van der Waals surface area contributed by atoms with Gasteiger partial charge in [0.15, 0.2) is 6.61 Å². The SMILES string of the molecule is C[C@@H]1CCCN(C(=O)CO/N=C\c2cccs2)C1. The monoisotopic (exact) mass is 266 g/mol. The fraction of sp³-hybridized carbons (Fsp3) is 0.538. The smallest absolute Gasteiger partial charge is 0.263 e. The summed E-state index contributed by atoms with van der Waals surface area (Å²) in [6.07, 6.45) is 3.93. The van der Waals surface area contributed by atoms with E-state index in [1.54, 1.807) is 17.6 Å². The standard InChI is InChI=1S/C13H18N2O2S/c1-11-4-2-6-15(9-11)13(16)10-17-14-8-12-5-3-7-18-12/h3,5,7-8,11H,2,4,6,9-10H2,1H3/b14-8-/t11-/m1/s1. The first-order valence-corrected chi connectivity index (χ1v) is 7.10. The van der Waals surface area contributed by atoms with Crippen molar-refractivity contribution in [1.29, 1.82) is 0 Å². The summed E-state index contributed by atoms with van der Waals surface area (Å²) in [5, 5.41) is 5.78. The van der Waals surface area contributed by atoms with Crippen LogP contribution in [0.2, 0.25) is 0 Å². The van der Waals surface area contributed by atoms with Gasteiger partial charge in [-0.2, -0.15) is 0 Å². The summed E-state index contributed by atoms with van der Waals surface area (Å²) in [4.78, 5) is 19.8. The van der Waals surface area contributed by atoms with Crippen LogP contribution in [0.3, 0.4) is 0 Å². The molecule has 2 heterocycles. The number of likely N-dealkylation sites (tertiary alicyclic amines) is 1. The molecular formula is C13H18N2O2S. The van der Waals surface area contributed by atoms with E-state index in [1.165, 1.54) is 6.42 Å². The molecule has 0 unspecified atom stereocenters. The molecule has 1 atom stereocenters. The summed E-state index contributed by atoms with van der Waals surface area (Å²) in [6.45, 7) is 3.90. The second-order valence-corrected chi connectivity index (χ2v) is 5.59. The van der Waals surface area contributed by atoms with Gasteiger partial charge in [0.05, 0.1) is 6.21 Å². The average Bonchev–Trinajstić information content (AvgIpc) is 2.87. The molecule has 1 saturated heterocycles. The van der Waals surface area contributed by atoms with Crippen LogP contribution in [0.4, 0.5) is 0 Å². The lowest BCUT2D eigenvalue weighted by atomic mass is 10.0. The Morgan fingerprint density at radius 1 is 1.72 bits per heavy atom. The van der Waals surface area contributed by atoms with E-state index in [-0.39, 0.29) is 12.5 Å². The first-order chi connectivity index (χ1) is 8.75. The molecular weight excluding hydrogens is 248 g/mol. The number of carbonyl (C=O) groups excluding carboxylic acids is 1. The summed E-state index contributed by atoms with van der Waals surface area (Å²) in [7, 11) is 0. The molecule has 98 valence electrons. The van der Waals surface area contributed by atoms with Gasteiger partial charge in [0.2, 0.25) is 0 Å². The van der Waals surface area contributed by atoms with Crippen LogP contribution in [0.25, 0.3) is 0 Å². The molecule has 0 spiro atoms. The van der Waals surface area contributed by atoms with Crippen molar-refractivity contribution in [2.75, 3.05) is 19.7 Å². The molecule has 1 fully saturated rings. The fourth-order valence-corrected chi connectivity index (χ4v) is 2.63. The molecule has 0 aromatic carbocycles. The van der Waals surface area contributed by atoms with Crippen LogP contribution in [0.15, 0.2) is 22.7 Å². The summed E-state index contributed by atoms with van der Waals surface area (Å²) < 4.78 is 0. The highest BCUT2D eigenvalue weighted by molar-refractivity contribution is 7.11. The molecule has 5 heteroatoms. The van der Waals surface area contributed by atoms with E-state index in [0.29, 0.717) is 5.92 Å². The zero-order valence-electron chi connectivity index (χ0n) is 10.5. The second kappa shape index (κ2) is 6.54. The van der Waals surface area contributed by atoms with E-state index in [0.717, 1.165) is 24.4 Å².